The quantitative estimate of drug-likeness (QED) is 0.500. The van der Waals surface area contributed by atoms with E-state index in [0.717, 1.165) is 50.2 Å². The van der Waals surface area contributed by atoms with Crippen LogP contribution in [0.15, 0.2) is 58.0 Å². The largest absolute Gasteiger partial charge is 0.368 e. The second kappa shape index (κ2) is 8.72. The number of nitrogens with zero attached hydrogens (tertiary/aromatic N) is 2. The van der Waals surface area contributed by atoms with Crippen LogP contribution in [0.4, 0.5) is 4.79 Å². The van der Waals surface area contributed by atoms with Crippen molar-refractivity contribution in [3.05, 3.63) is 74.7 Å². The maximum Gasteiger partial charge on any atom is 0.293 e. The van der Waals surface area contributed by atoms with Gasteiger partial charge in [0.25, 0.3) is 11.1 Å². The van der Waals surface area contributed by atoms with Gasteiger partial charge in [0.05, 0.1) is 17.0 Å². The van der Waals surface area contributed by atoms with E-state index in [1.807, 2.05) is 60.2 Å². The Bertz CT molecular complexity index is 1230. The van der Waals surface area contributed by atoms with Crippen LogP contribution in [0, 0.1) is 0 Å². The number of fused-ring (bicyclic) bond motifs is 1. The van der Waals surface area contributed by atoms with Gasteiger partial charge in [0.2, 0.25) is 5.91 Å². The van der Waals surface area contributed by atoms with Crippen molar-refractivity contribution in [1.82, 2.24) is 9.47 Å². The number of para-hydroxylation sites is 1. The molecule has 0 saturated carbocycles. The van der Waals surface area contributed by atoms with Crippen LogP contribution in [0.5, 0.6) is 0 Å². The molecule has 31 heavy (non-hydrogen) atoms. The number of carbonyl (C=O) groups excluding carboxylic acids is 3. The molecule has 0 radical (unpaired) electrons. The topological polar surface area (TPSA) is 85.4 Å². The molecule has 0 aliphatic carbocycles. The lowest BCUT2D eigenvalue weighted by Crippen LogP contribution is -2.27. The van der Waals surface area contributed by atoms with Crippen LogP contribution in [0.3, 0.4) is 0 Å². The highest BCUT2D eigenvalue weighted by Crippen LogP contribution is 2.35. The van der Waals surface area contributed by atoms with Crippen molar-refractivity contribution in [3.63, 3.8) is 0 Å². The minimum atomic E-state index is -0.441. The van der Waals surface area contributed by atoms with Crippen molar-refractivity contribution in [1.29, 1.82) is 0 Å². The van der Waals surface area contributed by atoms with Gasteiger partial charge in [-0.1, -0.05) is 53.2 Å². The Hall–Kier alpha value is -2.84. The lowest BCUT2D eigenvalue weighted by molar-refractivity contribution is -0.123. The SMILES string of the molecule is CCc1cccc2c(/C=C3\SC(=O)N(Cc4ccc(Br)cc4)C3=O)cn(CC(N)=O)c12. The number of amides is 3. The van der Waals surface area contributed by atoms with Gasteiger partial charge in [-0.3, -0.25) is 19.3 Å². The van der Waals surface area contributed by atoms with Gasteiger partial charge in [0, 0.05) is 21.6 Å². The first-order chi connectivity index (χ1) is 14.9. The molecule has 3 aromatic rings. The predicted molar refractivity (Wildman–Crippen MR) is 126 cm³/mol. The number of thioether (sulfide) groups is 1. The van der Waals surface area contributed by atoms with E-state index in [1.54, 1.807) is 6.08 Å². The molecule has 1 aliphatic rings. The van der Waals surface area contributed by atoms with E-state index in [4.69, 9.17) is 5.73 Å². The fraction of sp³-hybridized carbons (Fsp3) is 0.174. The molecular formula is C23H20BrN3O3S. The third-order valence-corrected chi connectivity index (χ3v) is 6.57. The summed E-state index contributed by atoms with van der Waals surface area (Å²) in [6.45, 7) is 2.31. The van der Waals surface area contributed by atoms with Crippen molar-refractivity contribution < 1.29 is 14.4 Å². The van der Waals surface area contributed by atoms with E-state index in [1.165, 1.54) is 4.90 Å². The zero-order chi connectivity index (χ0) is 22.1. The summed E-state index contributed by atoms with van der Waals surface area (Å²) in [4.78, 5) is 38.7. The Morgan fingerprint density at radius 1 is 1.16 bits per heavy atom. The molecule has 6 nitrogen and oxygen atoms in total. The average Bonchev–Trinajstić information content (AvgIpc) is 3.21. The van der Waals surface area contributed by atoms with Gasteiger partial charge in [-0.25, -0.2) is 0 Å². The molecule has 2 N–H and O–H groups in total. The number of nitrogens with two attached hydrogens (primary N) is 1. The maximum atomic E-state index is 13.0. The first kappa shape index (κ1) is 21.4. The Balaban J connectivity index is 1.70. The summed E-state index contributed by atoms with van der Waals surface area (Å²) < 4.78 is 2.75. The van der Waals surface area contributed by atoms with Crippen molar-refractivity contribution in [3.8, 4) is 0 Å². The van der Waals surface area contributed by atoms with E-state index >= 15 is 0 Å². The number of benzene rings is 2. The molecule has 0 atom stereocenters. The van der Waals surface area contributed by atoms with Crippen LogP contribution in [0.25, 0.3) is 17.0 Å². The zero-order valence-electron chi connectivity index (χ0n) is 16.8. The number of rotatable bonds is 6. The second-order valence-electron chi connectivity index (χ2n) is 7.24. The molecule has 2 heterocycles. The summed E-state index contributed by atoms with van der Waals surface area (Å²) in [5.41, 5.74) is 9.09. The summed E-state index contributed by atoms with van der Waals surface area (Å²) in [6.07, 6.45) is 4.34. The van der Waals surface area contributed by atoms with Crippen molar-refractivity contribution in [2.45, 2.75) is 26.4 Å². The van der Waals surface area contributed by atoms with Crippen LogP contribution >= 0.6 is 27.7 Å². The maximum absolute atomic E-state index is 13.0. The lowest BCUT2D eigenvalue weighted by Gasteiger charge is -2.12. The predicted octanol–water partition coefficient (Wildman–Crippen LogP) is 4.69. The van der Waals surface area contributed by atoms with Crippen molar-refractivity contribution >= 4 is 61.7 Å². The highest BCUT2D eigenvalue weighted by molar-refractivity contribution is 9.10. The molecular weight excluding hydrogens is 478 g/mol. The number of halogens is 1. The van der Waals surface area contributed by atoms with E-state index < -0.39 is 5.91 Å². The third-order valence-electron chi connectivity index (χ3n) is 5.13. The van der Waals surface area contributed by atoms with E-state index in [0.29, 0.717) is 4.91 Å². The van der Waals surface area contributed by atoms with Crippen LogP contribution in [0.2, 0.25) is 0 Å². The van der Waals surface area contributed by atoms with Crippen LogP contribution in [-0.4, -0.2) is 26.5 Å². The number of primary amides is 1. The van der Waals surface area contributed by atoms with Gasteiger partial charge in [-0.2, -0.15) is 0 Å². The molecule has 1 fully saturated rings. The minimum Gasteiger partial charge on any atom is -0.368 e. The standard InChI is InChI=1S/C23H20BrN3O3S/c1-2-15-4-3-5-18-16(12-26(21(15)18)13-20(25)28)10-19-22(29)27(23(30)31-19)11-14-6-8-17(24)9-7-14/h3-10,12H,2,11,13H2,1H3,(H2,25,28)/b19-10-. The first-order valence-electron chi connectivity index (χ1n) is 9.76. The van der Waals surface area contributed by atoms with E-state index in [9.17, 15) is 14.4 Å². The number of aromatic nitrogens is 1. The zero-order valence-corrected chi connectivity index (χ0v) is 19.2. The van der Waals surface area contributed by atoms with Crippen LogP contribution < -0.4 is 5.73 Å². The Morgan fingerprint density at radius 2 is 1.90 bits per heavy atom. The third kappa shape index (κ3) is 4.31. The minimum absolute atomic E-state index is 0.0480. The molecule has 1 aromatic heterocycles. The van der Waals surface area contributed by atoms with Crippen molar-refractivity contribution in [2.24, 2.45) is 5.73 Å². The molecule has 4 rings (SSSR count). The number of aryl methyl sites for hydroxylation is 1. The van der Waals surface area contributed by atoms with Crippen LogP contribution in [-0.2, 0) is 29.1 Å². The monoisotopic (exact) mass is 497 g/mol. The van der Waals surface area contributed by atoms with Crippen LogP contribution in [0.1, 0.15) is 23.6 Å². The van der Waals surface area contributed by atoms with E-state index in [-0.39, 0.29) is 24.2 Å². The molecule has 0 bridgehead atoms. The number of hydrogen-bond donors (Lipinski definition) is 1. The smallest absolute Gasteiger partial charge is 0.293 e. The summed E-state index contributed by atoms with van der Waals surface area (Å²) >= 11 is 4.31. The van der Waals surface area contributed by atoms with Crippen molar-refractivity contribution in [2.75, 3.05) is 0 Å². The normalized spacial score (nSPS) is 15.4. The molecule has 3 amide bonds. The Kier molecular flexibility index (Phi) is 6.02. The molecule has 1 aliphatic heterocycles. The second-order valence-corrected chi connectivity index (χ2v) is 9.15. The Morgan fingerprint density at radius 3 is 2.58 bits per heavy atom. The molecule has 1 saturated heterocycles. The van der Waals surface area contributed by atoms with E-state index in [2.05, 4.69) is 15.9 Å². The molecule has 0 unspecified atom stereocenters. The molecule has 8 heteroatoms. The fourth-order valence-electron chi connectivity index (χ4n) is 3.71. The highest BCUT2D eigenvalue weighted by Gasteiger charge is 2.35. The highest BCUT2D eigenvalue weighted by atomic mass is 79.9. The molecule has 158 valence electrons. The summed E-state index contributed by atoms with van der Waals surface area (Å²) in [5.74, 6) is -0.760. The molecule has 2 aromatic carbocycles. The van der Waals surface area contributed by atoms with Gasteiger partial charge in [-0.05, 0) is 47.5 Å². The summed E-state index contributed by atoms with van der Waals surface area (Å²) in [7, 11) is 0. The number of imide groups is 1. The Labute approximate surface area is 192 Å². The van der Waals surface area contributed by atoms with Gasteiger partial charge in [0.15, 0.2) is 0 Å². The van der Waals surface area contributed by atoms with Gasteiger partial charge in [0.1, 0.15) is 6.54 Å². The number of hydrogen-bond acceptors (Lipinski definition) is 4. The molecule has 0 spiro atoms. The summed E-state index contributed by atoms with van der Waals surface area (Å²) in [6, 6.07) is 13.4. The average molecular weight is 498 g/mol. The fourth-order valence-corrected chi connectivity index (χ4v) is 4.80. The van der Waals surface area contributed by atoms with Gasteiger partial charge >= 0.3 is 0 Å². The van der Waals surface area contributed by atoms with Gasteiger partial charge in [-0.15, -0.1) is 0 Å². The first-order valence-corrected chi connectivity index (χ1v) is 11.4. The van der Waals surface area contributed by atoms with Gasteiger partial charge < -0.3 is 10.3 Å². The lowest BCUT2D eigenvalue weighted by atomic mass is 10.1. The number of carbonyl (C=O) groups is 3. The summed E-state index contributed by atoms with van der Waals surface area (Å²) in [5, 5.41) is 0.620.